The number of sulfonamides is 1. The number of rotatable bonds is 3. The summed E-state index contributed by atoms with van der Waals surface area (Å²) in [5.74, 6) is -0.843. The van der Waals surface area contributed by atoms with Gasteiger partial charge in [0, 0.05) is 25.7 Å². The number of nitrogens with one attached hydrogen (secondary N) is 1. The van der Waals surface area contributed by atoms with Crippen LogP contribution in [0.25, 0.3) is 0 Å². The lowest BCUT2D eigenvalue weighted by atomic mass is 10.3. The van der Waals surface area contributed by atoms with Crippen LogP contribution in [0.3, 0.4) is 0 Å². The first-order valence-electron chi connectivity index (χ1n) is 6.00. The van der Waals surface area contributed by atoms with Crippen LogP contribution in [-0.2, 0) is 10.0 Å². The van der Waals surface area contributed by atoms with E-state index in [9.17, 15) is 22.9 Å². The lowest BCUT2D eigenvalue weighted by Gasteiger charge is -2.30. The fourth-order valence-corrected chi connectivity index (χ4v) is 3.77. The zero-order chi connectivity index (χ0) is 14.9. The zero-order valence-electron chi connectivity index (χ0n) is 10.7. The highest BCUT2D eigenvalue weighted by Gasteiger charge is 2.34. The molecule has 0 spiro atoms. The molecule has 7 nitrogen and oxygen atoms in total. The van der Waals surface area contributed by atoms with Gasteiger partial charge in [0.1, 0.15) is 5.82 Å². The van der Waals surface area contributed by atoms with Gasteiger partial charge in [-0.05, 0) is 19.1 Å². The quantitative estimate of drug-likeness (QED) is 0.656. The van der Waals surface area contributed by atoms with E-state index in [1.54, 1.807) is 0 Å². The van der Waals surface area contributed by atoms with Crippen molar-refractivity contribution in [3.8, 4) is 0 Å². The second-order valence-corrected chi connectivity index (χ2v) is 6.49. The van der Waals surface area contributed by atoms with Crippen molar-refractivity contribution in [3.63, 3.8) is 0 Å². The maximum atomic E-state index is 13.1. The predicted molar refractivity (Wildman–Crippen MR) is 69.3 cm³/mol. The molecular formula is C11H14FN3O4S. The van der Waals surface area contributed by atoms with Gasteiger partial charge in [-0.15, -0.1) is 0 Å². The number of hydrogen-bond acceptors (Lipinski definition) is 5. The van der Waals surface area contributed by atoms with E-state index >= 15 is 0 Å². The summed E-state index contributed by atoms with van der Waals surface area (Å²) in [7, 11) is -4.00. The first-order valence-corrected chi connectivity index (χ1v) is 7.44. The fourth-order valence-electron chi connectivity index (χ4n) is 2.11. The molecule has 1 N–H and O–H groups in total. The standard InChI is InChI=1S/C11H14FN3O4S/c1-8-7-14(5-4-13-8)20(18,19)11-3-2-9(12)6-10(11)15(16)17/h2-3,6,8,13H,4-5,7H2,1H3/t8-/m1/s1. The normalized spacial score (nSPS) is 20.8. The molecule has 1 fully saturated rings. The Labute approximate surface area is 115 Å². The highest BCUT2D eigenvalue weighted by molar-refractivity contribution is 7.89. The van der Waals surface area contributed by atoms with Gasteiger partial charge in [0.15, 0.2) is 4.90 Å². The molecule has 0 radical (unpaired) electrons. The van der Waals surface area contributed by atoms with Gasteiger partial charge in [0.2, 0.25) is 10.0 Å². The van der Waals surface area contributed by atoms with Crippen molar-refractivity contribution < 1.29 is 17.7 Å². The summed E-state index contributed by atoms with van der Waals surface area (Å²) >= 11 is 0. The first-order chi connectivity index (χ1) is 9.32. The predicted octanol–water partition coefficient (Wildman–Crippen LogP) is 0.716. The van der Waals surface area contributed by atoms with Crippen LogP contribution >= 0.6 is 0 Å². The molecule has 1 aromatic carbocycles. The van der Waals surface area contributed by atoms with Crippen molar-refractivity contribution >= 4 is 15.7 Å². The Morgan fingerprint density at radius 2 is 2.20 bits per heavy atom. The topological polar surface area (TPSA) is 92.5 Å². The van der Waals surface area contributed by atoms with Gasteiger partial charge in [-0.3, -0.25) is 10.1 Å². The summed E-state index contributed by atoms with van der Waals surface area (Å²) in [6.45, 7) is 2.73. The van der Waals surface area contributed by atoms with Crippen LogP contribution < -0.4 is 5.32 Å². The smallest absolute Gasteiger partial charge is 0.292 e. The van der Waals surface area contributed by atoms with E-state index in [2.05, 4.69) is 5.32 Å². The molecule has 0 unspecified atom stereocenters. The van der Waals surface area contributed by atoms with E-state index in [-0.39, 0.29) is 19.1 Å². The summed E-state index contributed by atoms with van der Waals surface area (Å²) in [6, 6.07) is 2.43. The van der Waals surface area contributed by atoms with Crippen LogP contribution in [0.4, 0.5) is 10.1 Å². The highest BCUT2D eigenvalue weighted by Crippen LogP contribution is 2.27. The maximum absolute atomic E-state index is 13.1. The molecule has 1 aliphatic rings. The molecule has 1 aliphatic heterocycles. The first kappa shape index (κ1) is 14.8. The van der Waals surface area contributed by atoms with Crippen molar-refractivity contribution in [2.45, 2.75) is 17.9 Å². The molecule has 20 heavy (non-hydrogen) atoms. The van der Waals surface area contributed by atoms with Gasteiger partial charge >= 0.3 is 0 Å². The third-order valence-corrected chi connectivity index (χ3v) is 4.98. The zero-order valence-corrected chi connectivity index (χ0v) is 11.6. The minimum atomic E-state index is -4.00. The molecule has 1 saturated heterocycles. The summed E-state index contributed by atoms with van der Waals surface area (Å²) < 4.78 is 39.1. The van der Waals surface area contributed by atoms with E-state index in [1.807, 2.05) is 6.92 Å². The van der Waals surface area contributed by atoms with E-state index in [0.717, 1.165) is 12.1 Å². The van der Waals surface area contributed by atoms with Gasteiger partial charge in [0.05, 0.1) is 11.0 Å². The van der Waals surface area contributed by atoms with Gasteiger partial charge in [-0.2, -0.15) is 4.31 Å². The molecular weight excluding hydrogens is 289 g/mol. The average Bonchev–Trinajstić information content (AvgIpc) is 2.38. The average molecular weight is 303 g/mol. The van der Waals surface area contributed by atoms with Gasteiger partial charge in [0.25, 0.3) is 5.69 Å². The molecule has 0 aromatic heterocycles. The molecule has 2 rings (SSSR count). The van der Waals surface area contributed by atoms with Crippen LogP contribution in [0.2, 0.25) is 0 Å². The minimum Gasteiger partial charge on any atom is -0.312 e. The molecule has 110 valence electrons. The second-order valence-electron chi connectivity index (χ2n) is 4.59. The monoisotopic (exact) mass is 303 g/mol. The number of nitro benzene ring substituents is 1. The molecule has 0 aliphatic carbocycles. The number of nitrogens with zero attached hydrogens (tertiary/aromatic N) is 2. The Kier molecular flexibility index (Phi) is 4.02. The molecule has 0 saturated carbocycles. The van der Waals surface area contributed by atoms with Crippen molar-refractivity contribution in [3.05, 3.63) is 34.1 Å². The summed E-state index contributed by atoms with van der Waals surface area (Å²) in [5, 5.41) is 14.0. The van der Waals surface area contributed by atoms with Crippen molar-refractivity contribution in [2.24, 2.45) is 0 Å². The lowest BCUT2D eigenvalue weighted by Crippen LogP contribution is -2.51. The second kappa shape index (κ2) is 5.43. The van der Waals surface area contributed by atoms with Crippen LogP contribution in [-0.4, -0.2) is 43.3 Å². The third kappa shape index (κ3) is 2.79. The summed E-state index contributed by atoms with van der Waals surface area (Å²) in [4.78, 5) is 9.55. The number of hydrogen-bond donors (Lipinski definition) is 1. The Morgan fingerprint density at radius 1 is 1.50 bits per heavy atom. The van der Waals surface area contributed by atoms with Gasteiger partial charge in [-0.25, -0.2) is 12.8 Å². The van der Waals surface area contributed by atoms with Crippen LogP contribution in [0.5, 0.6) is 0 Å². The highest BCUT2D eigenvalue weighted by atomic mass is 32.2. The minimum absolute atomic E-state index is 0.0435. The molecule has 0 amide bonds. The van der Waals surface area contributed by atoms with Crippen molar-refractivity contribution in [1.82, 2.24) is 9.62 Å². The fraction of sp³-hybridized carbons (Fsp3) is 0.455. The lowest BCUT2D eigenvalue weighted by molar-refractivity contribution is -0.388. The maximum Gasteiger partial charge on any atom is 0.292 e. The van der Waals surface area contributed by atoms with Crippen molar-refractivity contribution in [1.29, 1.82) is 0 Å². The van der Waals surface area contributed by atoms with E-state index < -0.39 is 31.3 Å². The Hall–Kier alpha value is -1.58. The SMILES string of the molecule is C[C@@H]1CN(S(=O)(=O)c2ccc(F)cc2[N+](=O)[O-])CCN1. The number of benzene rings is 1. The Bertz CT molecular complexity index is 635. The number of nitro groups is 1. The van der Waals surface area contributed by atoms with Crippen LogP contribution in [0.15, 0.2) is 23.1 Å². The third-order valence-electron chi connectivity index (χ3n) is 3.07. The van der Waals surface area contributed by atoms with Gasteiger partial charge < -0.3 is 5.32 Å². The molecule has 1 atom stereocenters. The number of piperazine rings is 1. The molecule has 9 heteroatoms. The number of halogens is 1. The van der Waals surface area contributed by atoms with Crippen LogP contribution in [0, 0.1) is 15.9 Å². The van der Waals surface area contributed by atoms with E-state index in [1.165, 1.54) is 4.31 Å². The van der Waals surface area contributed by atoms with Crippen LogP contribution in [0.1, 0.15) is 6.92 Å². The Balaban J connectivity index is 2.46. The molecule has 1 heterocycles. The molecule has 1 aromatic rings. The largest absolute Gasteiger partial charge is 0.312 e. The summed E-state index contributed by atoms with van der Waals surface area (Å²) in [5.41, 5.74) is -0.740. The van der Waals surface area contributed by atoms with Gasteiger partial charge in [-0.1, -0.05) is 0 Å². The molecule has 0 bridgehead atoms. The van der Waals surface area contributed by atoms with E-state index in [4.69, 9.17) is 0 Å². The van der Waals surface area contributed by atoms with E-state index in [0.29, 0.717) is 12.6 Å². The summed E-state index contributed by atoms with van der Waals surface area (Å²) in [6.07, 6.45) is 0. The van der Waals surface area contributed by atoms with Crippen molar-refractivity contribution in [2.75, 3.05) is 19.6 Å². The Morgan fingerprint density at radius 3 is 2.80 bits per heavy atom.